The quantitative estimate of drug-likeness (QED) is 0.270. The Morgan fingerprint density at radius 3 is 2.22 bits per heavy atom. The maximum Gasteiger partial charge on any atom is 0.323 e. The SMILES string of the molecule is Cc1cccc(NC(=O)Nc2cccc(CNC(=O)c3ccc(C)c(NC(=O)c4ccco4)c3)c2)c1. The average Bonchev–Trinajstić information content (AvgIpc) is 3.39. The van der Waals surface area contributed by atoms with Crippen molar-refractivity contribution in [2.24, 2.45) is 0 Å². The van der Waals surface area contributed by atoms with Gasteiger partial charge in [0.25, 0.3) is 11.8 Å². The first-order chi connectivity index (χ1) is 17.4. The van der Waals surface area contributed by atoms with Gasteiger partial charge in [-0.1, -0.05) is 30.3 Å². The summed E-state index contributed by atoms with van der Waals surface area (Å²) in [6, 6.07) is 22.7. The highest BCUT2D eigenvalue weighted by Gasteiger charge is 2.13. The van der Waals surface area contributed by atoms with Gasteiger partial charge in [-0.2, -0.15) is 0 Å². The highest BCUT2D eigenvalue weighted by Crippen LogP contribution is 2.19. The van der Waals surface area contributed by atoms with Crippen molar-refractivity contribution in [2.75, 3.05) is 16.0 Å². The molecule has 0 fully saturated rings. The summed E-state index contributed by atoms with van der Waals surface area (Å²) in [6.45, 7) is 4.05. The van der Waals surface area contributed by atoms with Gasteiger partial charge in [-0.05, 0) is 79.1 Å². The minimum Gasteiger partial charge on any atom is -0.459 e. The Kier molecular flexibility index (Phi) is 7.45. The first kappa shape index (κ1) is 24.3. The van der Waals surface area contributed by atoms with E-state index in [1.54, 1.807) is 48.5 Å². The van der Waals surface area contributed by atoms with Gasteiger partial charge in [0, 0.05) is 29.2 Å². The summed E-state index contributed by atoms with van der Waals surface area (Å²) in [5, 5.41) is 11.2. The fourth-order valence-electron chi connectivity index (χ4n) is 3.55. The fraction of sp³-hybridized carbons (Fsp3) is 0.107. The zero-order valence-corrected chi connectivity index (χ0v) is 19.9. The average molecular weight is 483 g/mol. The van der Waals surface area contributed by atoms with Gasteiger partial charge >= 0.3 is 6.03 Å². The third-order valence-electron chi connectivity index (χ3n) is 5.41. The van der Waals surface area contributed by atoms with Crippen LogP contribution in [0.25, 0.3) is 0 Å². The van der Waals surface area contributed by atoms with Gasteiger partial charge in [0.05, 0.1) is 6.26 Å². The van der Waals surface area contributed by atoms with Gasteiger partial charge in [-0.25, -0.2) is 4.79 Å². The summed E-state index contributed by atoms with van der Waals surface area (Å²) in [5.41, 5.74) is 4.91. The lowest BCUT2D eigenvalue weighted by Gasteiger charge is -2.12. The van der Waals surface area contributed by atoms with Crippen molar-refractivity contribution in [3.63, 3.8) is 0 Å². The van der Waals surface area contributed by atoms with Gasteiger partial charge < -0.3 is 25.7 Å². The van der Waals surface area contributed by atoms with E-state index in [1.165, 1.54) is 6.26 Å². The van der Waals surface area contributed by atoms with Crippen LogP contribution >= 0.6 is 0 Å². The summed E-state index contributed by atoms with van der Waals surface area (Å²) >= 11 is 0. The Labute approximate surface area is 208 Å². The van der Waals surface area contributed by atoms with Crippen LogP contribution < -0.4 is 21.3 Å². The predicted molar refractivity (Wildman–Crippen MR) is 139 cm³/mol. The Hall–Kier alpha value is -4.85. The summed E-state index contributed by atoms with van der Waals surface area (Å²) in [6.07, 6.45) is 1.42. The standard InChI is InChI=1S/C28H26N4O4/c1-18-6-3-8-22(14-18)30-28(35)31-23-9-4-7-20(15-23)17-29-26(33)21-12-11-19(2)24(16-21)32-27(34)25-10-5-13-36-25/h3-16H,17H2,1-2H3,(H,29,33)(H,32,34)(H2,30,31,35). The van der Waals surface area contributed by atoms with Crippen molar-refractivity contribution in [3.05, 3.63) is 113 Å². The van der Waals surface area contributed by atoms with E-state index in [1.807, 2.05) is 44.2 Å². The second-order valence-electron chi connectivity index (χ2n) is 8.29. The van der Waals surface area contributed by atoms with Crippen LogP contribution in [0.1, 0.15) is 37.6 Å². The number of aryl methyl sites for hydroxylation is 2. The maximum atomic E-state index is 12.8. The monoisotopic (exact) mass is 482 g/mol. The number of benzene rings is 3. The number of furan rings is 1. The lowest BCUT2D eigenvalue weighted by Crippen LogP contribution is -2.23. The molecule has 4 amide bonds. The number of nitrogens with one attached hydrogen (secondary N) is 4. The molecule has 182 valence electrons. The number of hydrogen-bond acceptors (Lipinski definition) is 4. The molecule has 0 spiro atoms. The molecule has 0 aliphatic heterocycles. The van der Waals surface area contributed by atoms with Crippen LogP contribution in [-0.2, 0) is 6.54 Å². The van der Waals surface area contributed by atoms with Crippen molar-refractivity contribution < 1.29 is 18.8 Å². The van der Waals surface area contributed by atoms with Crippen LogP contribution in [0.15, 0.2) is 89.5 Å². The molecule has 0 saturated heterocycles. The van der Waals surface area contributed by atoms with Crippen LogP contribution in [0.2, 0.25) is 0 Å². The van der Waals surface area contributed by atoms with E-state index in [0.29, 0.717) is 22.6 Å². The molecule has 0 atom stereocenters. The molecule has 4 aromatic rings. The first-order valence-electron chi connectivity index (χ1n) is 11.3. The number of urea groups is 1. The number of amides is 4. The summed E-state index contributed by atoms with van der Waals surface area (Å²) in [7, 11) is 0. The van der Waals surface area contributed by atoms with Crippen LogP contribution in [0.3, 0.4) is 0 Å². The maximum absolute atomic E-state index is 12.8. The Morgan fingerprint density at radius 1 is 0.750 bits per heavy atom. The van der Waals surface area contributed by atoms with Crippen LogP contribution in [0.5, 0.6) is 0 Å². The molecule has 3 aromatic carbocycles. The van der Waals surface area contributed by atoms with E-state index >= 15 is 0 Å². The zero-order valence-electron chi connectivity index (χ0n) is 19.9. The first-order valence-corrected chi connectivity index (χ1v) is 11.3. The molecule has 36 heavy (non-hydrogen) atoms. The number of anilines is 3. The number of carbonyl (C=O) groups is 3. The predicted octanol–water partition coefficient (Wildman–Crippen LogP) is 5.72. The number of rotatable bonds is 7. The van der Waals surface area contributed by atoms with E-state index < -0.39 is 5.91 Å². The van der Waals surface area contributed by atoms with E-state index in [-0.39, 0.29) is 24.2 Å². The van der Waals surface area contributed by atoms with Crippen LogP contribution in [0.4, 0.5) is 21.9 Å². The normalized spacial score (nSPS) is 10.4. The summed E-state index contributed by atoms with van der Waals surface area (Å²) < 4.78 is 5.12. The molecule has 8 nitrogen and oxygen atoms in total. The molecule has 0 unspecified atom stereocenters. The molecular weight excluding hydrogens is 456 g/mol. The van der Waals surface area contributed by atoms with E-state index in [4.69, 9.17) is 4.42 Å². The molecule has 4 N–H and O–H groups in total. The zero-order chi connectivity index (χ0) is 25.5. The third-order valence-corrected chi connectivity index (χ3v) is 5.41. The molecule has 0 bridgehead atoms. The highest BCUT2D eigenvalue weighted by molar-refractivity contribution is 6.04. The van der Waals surface area contributed by atoms with Crippen molar-refractivity contribution >= 4 is 34.9 Å². The Balaban J connectivity index is 1.35. The minimum atomic E-state index is -0.392. The molecule has 0 radical (unpaired) electrons. The van der Waals surface area contributed by atoms with Crippen LogP contribution in [-0.4, -0.2) is 17.8 Å². The van der Waals surface area contributed by atoms with Gasteiger partial charge in [-0.15, -0.1) is 0 Å². The Bertz CT molecular complexity index is 1400. The van der Waals surface area contributed by atoms with Gasteiger partial charge in [0.2, 0.25) is 0 Å². The lowest BCUT2D eigenvalue weighted by molar-refractivity contribution is 0.0949. The largest absolute Gasteiger partial charge is 0.459 e. The van der Waals surface area contributed by atoms with Gasteiger partial charge in [-0.3, -0.25) is 9.59 Å². The third kappa shape index (κ3) is 6.38. The van der Waals surface area contributed by atoms with E-state index in [9.17, 15) is 14.4 Å². The van der Waals surface area contributed by atoms with Crippen molar-refractivity contribution in [2.45, 2.75) is 20.4 Å². The van der Waals surface area contributed by atoms with Gasteiger partial charge in [0.1, 0.15) is 0 Å². The second kappa shape index (κ2) is 11.1. The van der Waals surface area contributed by atoms with Crippen molar-refractivity contribution in [1.82, 2.24) is 5.32 Å². The summed E-state index contributed by atoms with van der Waals surface area (Å²) in [4.78, 5) is 37.4. The van der Waals surface area contributed by atoms with Crippen molar-refractivity contribution in [1.29, 1.82) is 0 Å². The number of hydrogen-bond donors (Lipinski definition) is 4. The summed E-state index contributed by atoms with van der Waals surface area (Å²) in [5.74, 6) is -0.499. The highest BCUT2D eigenvalue weighted by atomic mass is 16.3. The smallest absolute Gasteiger partial charge is 0.323 e. The molecule has 1 heterocycles. The molecule has 0 aliphatic rings. The molecule has 4 rings (SSSR count). The fourth-order valence-corrected chi connectivity index (χ4v) is 3.55. The topological polar surface area (TPSA) is 112 Å². The molecule has 0 saturated carbocycles. The second-order valence-corrected chi connectivity index (χ2v) is 8.29. The molecule has 8 heteroatoms. The Morgan fingerprint density at radius 2 is 1.50 bits per heavy atom. The molecule has 1 aromatic heterocycles. The lowest BCUT2D eigenvalue weighted by atomic mass is 10.1. The van der Waals surface area contributed by atoms with Crippen LogP contribution in [0, 0.1) is 13.8 Å². The van der Waals surface area contributed by atoms with E-state index in [2.05, 4.69) is 21.3 Å². The van der Waals surface area contributed by atoms with Gasteiger partial charge in [0.15, 0.2) is 5.76 Å². The van der Waals surface area contributed by atoms with E-state index in [0.717, 1.165) is 16.7 Å². The minimum absolute atomic E-state index is 0.185. The van der Waals surface area contributed by atoms with Crippen molar-refractivity contribution in [3.8, 4) is 0 Å². The number of carbonyl (C=O) groups excluding carboxylic acids is 3. The molecule has 0 aliphatic carbocycles. The molecular formula is C28H26N4O4.